The molecule has 2 aromatic rings. The van der Waals surface area contributed by atoms with Gasteiger partial charge in [-0.25, -0.2) is 4.39 Å². The van der Waals surface area contributed by atoms with Gasteiger partial charge in [-0.2, -0.15) is 0 Å². The first kappa shape index (κ1) is 27.9. The Bertz CT molecular complexity index is 1110. The van der Waals surface area contributed by atoms with Crippen molar-refractivity contribution in [3.8, 4) is 11.5 Å². The number of hydrogen-bond acceptors (Lipinski definition) is 6. The second kappa shape index (κ2) is 12.0. The molecule has 3 saturated carbocycles. The van der Waals surface area contributed by atoms with Crippen molar-refractivity contribution in [1.82, 2.24) is 10.6 Å². The lowest BCUT2D eigenvalue weighted by atomic mass is 9.71. The summed E-state index contributed by atoms with van der Waals surface area (Å²) in [5.41, 5.74) is 1.14. The van der Waals surface area contributed by atoms with Crippen LogP contribution in [0.4, 0.5) is 4.39 Å². The molecule has 1 heterocycles. The van der Waals surface area contributed by atoms with Crippen molar-refractivity contribution in [2.75, 3.05) is 13.7 Å². The Hall–Kier alpha value is -2.68. The summed E-state index contributed by atoms with van der Waals surface area (Å²) in [6.45, 7) is 1.80. The predicted octanol–water partition coefficient (Wildman–Crippen LogP) is 4.77. The van der Waals surface area contributed by atoms with E-state index in [0.717, 1.165) is 31.7 Å². The summed E-state index contributed by atoms with van der Waals surface area (Å²) in [5, 5.41) is 6.87. The number of Topliss-reactive ketones (excluding diaryl/α,β-unsaturated/α-hetero) is 1. The quantitative estimate of drug-likeness (QED) is 0.514. The van der Waals surface area contributed by atoms with Crippen LogP contribution in [0.3, 0.4) is 0 Å². The SMILES string of the molecule is CC1CC(=O)c2cc(Cl)ccc2O1.CNC12CCC(NC=O)(C1)C2.O=CCOc1ccc(Cl)c(F)c1. The van der Waals surface area contributed by atoms with Crippen molar-refractivity contribution in [1.29, 1.82) is 0 Å². The molecule has 7 nitrogen and oxygen atoms in total. The van der Waals surface area contributed by atoms with E-state index in [1.54, 1.807) is 18.2 Å². The normalized spacial score (nSPS) is 24.9. The number of nitrogens with one attached hydrogen (secondary N) is 2. The Kier molecular flexibility index (Phi) is 9.33. The summed E-state index contributed by atoms with van der Waals surface area (Å²) in [6.07, 6.45) is 6.44. The van der Waals surface area contributed by atoms with Gasteiger partial charge in [0.05, 0.1) is 10.6 Å². The molecular weight excluding hydrogens is 510 g/mol. The maximum Gasteiger partial charge on any atom is 0.207 e. The lowest BCUT2D eigenvalue weighted by Gasteiger charge is -2.47. The summed E-state index contributed by atoms with van der Waals surface area (Å²) in [6, 6.07) is 9.12. The van der Waals surface area contributed by atoms with E-state index in [1.165, 1.54) is 18.6 Å². The molecule has 1 aliphatic heterocycles. The summed E-state index contributed by atoms with van der Waals surface area (Å²) in [5.74, 6) is 0.494. The molecule has 6 rings (SSSR count). The Labute approximate surface area is 219 Å². The maximum atomic E-state index is 12.7. The van der Waals surface area contributed by atoms with Crippen LogP contribution in [0, 0.1) is 5.82 Å². The van der Waals surface area contributed by atoms with Crippen LogP contribution in [-0.2, 0) is 9.59 Å². The van der Waals surface area contributed by atoms with Crippen molar-refractivity contribution in [2.24, 2.45) is 0 Å². The van der Waals surface area contributed by atoms with E-state index in [4.69, 9.17) is 32.7 Å². The Balaban J connectivity index is 0.000000151. The van der Waals surface area contributed by atoms with Gasteiger partial charge in [0.25, 0.3) is 0 Å². The lowest BCUT2D eigenvalue weighted by Crippen LogP contribution is -2.61. The number of carbonyl (C=O) groups excluding carboxylic acids is 3. The van der Waals surface area contributed by atoms with Crippen LogP contribution in [0.1, 0.15) is 49.4 Å². The molecule has 3 fully saturated rings. The van der Waals surface area contributed by atoms with Crippen molar-refractivity contribution in [3.63, 3.8) is 0 Å². The first-order chi connectivity index (χ1) is 17.1. The van der Waals surface area contributed by atoms with Crippen LogP contribution < -0.4 is 20.1 Å². The third kappa shape index (κ3) is 6.75. The Morgan fingerprint density at radius 2 is 1.86 bits per heavy atom. The molecule has 0 spiro atoms. The molecule has 0 radical (unpaired) electrons. The molecule has 10 heteroatoms. The second-order valence-electron chi connectivity index (χ2n) is 9.18. The van der Waals surface area contributed by atoms with Gasteiger partial charge in [0, 0.05) is 28.6 Å². The van der Waals surface area contributed by atoms with Gasteiger partial charge < -0.3 is 20.1 Å². The minimum atomic E-state index is -0.555. The summed E-state index contributed by atoms with van der Waals surface area (Å²) >= 11 is 11.2. The summed E-state index contributed by atoms with van der Waals surface area (Å²) in [7, 11) is 2.01. The highest BCUT2D eigenvalue weighted by Crippen LogP contribution is 2.54. The standard InChI is InChI=1S/C10H9ClO2.C8H6ClFO2.C8H14N2O/c1-6-4-9(12)8-5-7(11)2-3-10(8)13-6;9-7-2-1-6(5-8(7)10)12-4-3-11;1-9-7-2-3-8(4-7,5-7)10-6-11/h2-3,5-6H,4H2,1H3;1-3,5H,4H2;6,9H,2-5H2,1H3,(H,10,11). The summed E-state index contributed by atoms with van der Waals surface area (Å²) < 4.78 is 23.0. The number of rotatable bonds is 6. The van der Waals surface area contributed by atoms with Gasteiger partial charge in [0.1, 0.15) is 30.0 Å². The molecule has 4 aliphatic rings. The van der Waals surface area contributed by atoms with Gasteiger partial charge >= 0.3 is 0 Å². The highest BCUT2D eigenvalue weighted by Gasteiger charge is 2.59. The fourth-order valence-corrected chi connectivity index (χ4v) is 5.12. The first-order valence-electron chi connectivity index (χ1n) is 11.6. The van der Waals surface area contributed by atoms with Gasteiger partial charge in [-0.15, -0.1) is 0 Å². The third-order valence-electron chi connectivity index (χ3n) is 6.58. The molecule has 1 atom stereocenters. The van der Waals surface area contributed by atoms with Gasteiger partial charge in [-0.05, 0) is 70.0 Å². The number of benzene rings is 2. The molecule has 1 amide bonds. The molecule has 3 aliphatic carbocycles. The Morgan fingerprint density at radius 3 is 2.47 bits per heavy atom. The van der Waals surface area contributed by atoms with E-state index in [0.29, 0.717) is 40.3 Å². The van der Waals surface area contributed by atoms with Crippen molar-refractivity contribution in [3.05, 3.63) is 57.8 Å². The van der Waals surface area contributed by atoms with Crippen LogP contribution >= 0.6 is 23.2 Å². The zero-order valence-corrected chi connectivity index (χ0v) is 21.6. The number of aldehydes is 1. The monoisotopic (exact) mass is 538 g/mol. The minimum Gasteiger partial charge on any atom is -0.489 e. The molecule has 2 N–H and O–H groups in total. The number of ketones is 1. The minimum absolute atomic E-state index is 0.0267. The third-order valence-corrected chi connectivity index (χ3v) is 7.12. The molecule has 36 heavy (non-hydrogen) atoms. The maximum absolute atomic E-state index is 12.7. The van der Waals surface area contributed by atoms with Crippen LogP contribution in [0.2, 0.25) is 10.0 Å². The molecule has 1 unspecified atom stereocenters. The molecule has 2 bridgehead atoms. The number of fused-ring (bicyclic) bond motifs is 2. The van der Waals surface area contributed by atoms with E-state index < -0.39 is 5.82 Å². The van der Waals surface area contributed by atoms with E-state index in [1.807, 2.05) is 14.0 Å². The van der Waals surface area contributed by atoms with Gasteiger partial charge in [-0.1, -0.05) is 23.2 Å². The predicted molar refractivity (Wildman–Crippen MR) is 136 cm³/mol. The highest BCUT2D eigenvalue weighted by molar-refractivity contribution is 6.31. The zero-order chi connectivity index (χ0) is 26.3. The van der Waals surface area contributed by atoms with E-state index in [2.05, 4.69) is 10.6 Å². The van der Waals surface area contributed by atoms with Crippen LogP contribution in [-0.4, -0.2) is 49.3 Å². The molecule has 2 aromatic carbocycles. The Morgan fingerprint density at radius 1 is 1.14 bits per heavy atom. The number of ether oxygens (including phenoxy) is 2. The number of halogens is 3. The van der Waals surface area contributed by atoms with E-state index >= 15 is 0 Å². The van der Waals surface area contributed by atoms with Gasteiger partial charge in [-0.3, -0.25) is 14.4 Å². The largest absolute Gasteiger partial charge is 0.489 e. The molecule has 194 valence electrons. The topological polar surface area (TPSA) is 93.7 Å². The molecule has 0 aromatic heterocycles. The van der Waals surface area contributed by atoms with Crippen molar-refractivity contribution < 1.29 is 28.2 Å². The van der Waals surface area contributed by atoms with E-state index in [9.17, 15) is 18.8 Å². The number of hydrogen-bond donors (Lipinski definition) is 2. The number of amides is 1. The van der Waals surface area contributed by atoms with Crippen LogP contribution in [0.5, 0.6) is 11.5 Å². The smallest absolute Gasteiger partial charge is 0.207 e. The van der Waals surface area contributed by atoms with E-state index in [-0.39, 0.29) is 29.1 Å². The van der Waals surface area contributed by atoms with Crippen molar-refractivity contribution >= 4 is 41.7 Å². The summed E-state index contributed by atoms with van der Waals surface area (Å²) in [4.78, 5) is 31.6. The fourth-order valence-electron chi connectivity index (χ4n) is 4.83. The van der Waals surface area contributed by atoms with Gasteiger partial charge in [0.15, 0.2) is 12.1 Å². The highest BCUT2D eigenvalue weighted by atomic mass is 35.5. The lowest BCUT2D eigenvalue weighted by molar-refractivity contribution is -0.112. The van der Waals surface area contributed by atoms with Gasteiger partial charge in [0.2, 0.25) is 6.41 Å². The first-order valence-corrected chi connectivity index (χ1v) is 12.3. The fraction of sp³-hybridized carbons (Fsp3) is 0.423. The second-order valence-corrected chi connectivity index (χ2v) is 10.0. The number of carbonyl (C=O) groups is 3. The van der Waals surface area contributed by atoms with Crippen LogP contribution in [0.15, 0.2) is 36.4 Å². The molecule has 0 saturated heterocycles. The van der Waals surface area contributed by atoms with Crippen molar-refractivity contribution in [2.45, 2.75) is 56.2 Å². The average molecular weight is 539 g/mol. The molecular formula is C26H29Cl2FN2O5. The zero-order valence-electron chi connectivity index (χ0n) is 20.1. The average Bonchev–Trinajstić information content (AvgIpc) is 3.38. The van der Waals surface area contributed by atoms with Crippen LogP contribution in [0.25, 0.3) is 0 Å².